The van der Waals surface area contributed by atoms with Crippen LogP contribution in [-0.4, -0.2) is 93.7 Å². The monoisotopic (exact) mass is 678 g/mol. The first kappa shape index (κ1) is 37.7. The second kappa shape index (κ2) is 15.8. The molecule has 1 saturated heterocycles. The van der Waals surface area contributed by atoms with Gasteiger partial charge in [-0.3, -0.25) is 14.5 Å². The van der Waals surface area contributed by atoms with Gasteiger partial charge < -0.3 is 25.5 Å². The molecule has 1 amide bonds. The van der Waals surface area contributed by atoms with Crippen LogP contribution in [0.15, 0.2) is 48.5 Å². The Kier molecular flexibility index (Phi) is 12.2. The summed E-state index contributed by atoms with van der Waals surface area (Å²) >= 11 is 0. The van der Waals surface area contributed by atoms with Crippen LogP contribution in [0.5, 0.6) is 5.75 Å². The smallest absolute Gasteiger partial charge is 0.240 e. The van der Waals surface area contributed by atoms with Crippen LogP contribution >= 0.6 is 0 Å². The molecule has 272 valence electrons. The van der Waals surface area contributed by atoms with Crippen LogP contribution in [0.1, 0.15) is 77.5 Å². The largest absolute Gasteiger partial charge is 0.508 e. The Morgan fingerprint density at radius 1 is 1.06 bits per heavy atom. The van der Waals surface area contributed by atoms with E-state index in [4.69, 9.17) is 4.84 Å². The molecule has 4 N–H and O–H groups in total. The minimum absolute atomic E-state index is 0.0910. The van der Waals surface area contributed by atoms with Crippen molar-refractivity contribution < 1.29 is 25.0 Å². The van der Waals surface area contributed by atoms with Crippen molar-refractivity contribution in [3.05, 3.63) is 65.2 Å². The van der Waals surface area contributed by atoms with Crippen molar-refractivity contribution in [3.8, 4) is 5.75 Å². The Hall–Kier alpha value is -2.53. The number of carbonyl (C=O) groups excluding carboxylic acids is 1. The molecule has 0 aromatic heterocycles. The first-order chi connectivity index (χ1) is 23.2. The van der Waals surface area contributed by atoms with E-state index in [1.165, 1.54) is 6.42 Å². The van der Waals surface area contributed by atoms with E-state index in [1.807, 2.05) is 30.3 Å². The maximum absolute atomic E-state index is 14.1. The van der Waals surface area contributed by atoms with Gasteiger partial charge in [-0.25, -0.2) is 0 Å². The van der Waals surface area contributed by atoms with Crippen molar-refractivity contribution in [2.75, 3.05) is 27.2 Å². The first-order valence-corrected chi connectivity index (χ1v) is 18.5. The van der Waals surface area contributed by atoms with E-state index in [0.29, 0.717) is 54.5 Å². The first-order valence-electron chi connectivity index (χ1n) is 18.5. The van der Waals surface area contributed by atoms with Gasteiger partial charge in [-0.1, -0.05) is 77.1 Å². The number of likely N-dealkylation sites (N-methyl/N-ethyl adjacent to an activating group) is 1. The predicted octanol–water partition coefficient (Wildman–Crippen LogP) is 5.03. The van der Waals surface area contributed by atoms with Crippen molar-refractivity contribution in [1.29, 1.82) is 0 Å². The molecule has 0 radical (unpaired) electrons. The van der Waals surface area contributed by atoms with Crippen LogP contribution in [0.25, 0.3) is 0 Å². The summed E-state index contributed by atoms with van der Waals surface area (Å²) in [6.45, 7) is 15.4. The Labute approximate surface area is 294 Å². The zero-order valence-corrected chi connectivity index (χ0v) is 31.0. The van der Waals surface area contributed by atoms with Crippen LogP contribution in [0, 0.1) is 35.0 Å². The van der Waals surface area contributed by atoms with Crippen molar-refractivity contribution in [2.45, 2.75) is 111 Å². The SMILES string of the molecule is CC(C)C[C@@H](CN(C)C)N(Cc1cccc(CN2O[C@@H](CO)[C@@H]([C@H](C)O)[C@H]2C(=O)N[C@H]2CC3CC([C@H]2C)C3(C)C)c1)Cc1ccccc1O. The van der Waals surface area contributed by atoms with Gasteiger partial charge in [0.05, 0.1) is 19.3 Å². The molecular formula is C40H62N4O5. The highest BCUT2D eigenvalue weighted by Gasteiger charge is 2.57. The van der Waals surface area contributed by atoms with Crippen molar-refractivity contribution >= 4 is 5.91 Å². The normalized spacial score (nSPS) is 29.3. The van der Waals surface area contributed by atoms with Gasteiger partial charge in [-0.05, 0) is 86.6 Å². The Morgan fingerprint density at radius 2 is 1.78 bits per heavy atom. The highest BCUT2D eigenvalue weighted by molar-refractivity contribution is 5.82. The van der Waals surface area contributed by atoms with Crippen molar-refractivity contribution in [2.24, 2.45) is 35.0 Å². The number of carbonyl (C=O) groups is 1. The summed E-state index contributed by atoms with van der Waals surface area (Å²) in [5.74, 6) is 1.70. The molecule has 4 fully saturated rings. The summed E-state index contributed by atoms with van der Waals surface area (Å²) in [6.07, 6.45) is 1.71. The van der Waals surface area contributed by atoms with E-state index in [9.17, 15) is 20.1 Å². The fraction of sp³-hybridized carbons (Fsp3) is 0.675. The van der Waals surface area contributed by atoms with E-state index < -0.39 is 24.2 Å². The molecule has 6 rings (SSSR count). The fourth-order valence-electron chi connectivity index (χ4n) is 9.21. The molecule has 2 unspecified atom stereocenters. The van der Waals surface area contributed by atoms with E-state index >= 15 is 0 Å². The summed E-state index contributed by atoms with van der Waals surface area (Å²) in [4.78, 5) is 25.1. The number of nitrogens with zero attached hydrogens (tertiary/aromatic N) is 3. The summed E-state index contributed by atoms with van der Waals surface area (Å²) in [7, 11) is 4.21. The molecule has 2 aromatic carbocycles. The minimum Gasteiger partial charge on any atom is -0.508 e. The number of phenolic OH excluding ortho intramolecular Hbond substituents is 1. The molecule has 1 heterocycles. The summed E-state index contributed by atoms with van der Waals surface area (Å²) in [5.41, 5.74) is 3.33. The molecular weight excluding hydrogens is 616 g/mol. The van der Waals surface area contributed by atoms with E-state index in [1.54, 1.807) is 18.1 Å². The van der Waals surface area contributed by atoms with Crippen LogP contribution in [0.4, 0.5) is 0 Å². The average molecular weight is 679 g/mol. The van der Waals surface area contributed by atoms with Crippen molar-refractivity contribution in [1.82, 2.24) is 20.2 Å². The number of rotatable bonds is 15. The number of para-hydroxylation sites is 1. The van der Waals surface area contributed by atoms with E-state index in [0.717, 1.165) is 36.1 Å². The van der Waals surface area contributed by atoms with Gasteiger partial charge in [0.1, 0.15) is 17.9 Å². The molecule has 9 atom stereocenters. The lowest BCUT2D eigenvalue weighted by molar-refractivity contribution is -0.183. The number of aliphatic hydroxyl groups is 2. The third-order valence-electron chi connectivity index (χ3n) is 12.0. The Morgan fingerprint density at radius 3 is 2.39 bits per heavy atom. The number of hydroxylamine groups is 2. The molecule has 0 spiro atoms. The van der Waals surface area contributed by atoms with Crippen LogP contribution < -0.4 is 5.32 Å². The van der Waals surface area contributed by atoms with Gasteiger partial charge in [-0.15, -0.1) is 0 Å². The number of benzene rings is 2. The molecule has 4 aliphatic rings. The van der Waals surface area contributed by atoms with E-state index in [-0.39, 0.29) is 24.6 Å². The number of phenols is 1. The van der Waals surface area contributed by atoms with E-state index in [2.05, 4.69) is 76.0 Å². The zero-order valence-electron chi connectivity index (χ0n) is 31.0. The number of hydrogen-bond donors (Lipinski definition) is 4. The molecule has 2 bridgehead atoms. The average Bonchev–Trinajstić information content (AvgIpc) is 3.40. The van der Waals surface area contributed by atoms with Gasteiger partial charge in [0.15, 0.2) is 0 Å². The lowest BCUT2D eigenvalue weighted by Gasteiger charge is -2.62. The summed E-state index contributed by atoms with van der Waals surface area (Å²) in [6, 6.07) is 15.6. The highest BCUT2D eigenvalue weighted by Crippen LogP contribution is 2.61. The van der Waals surface area contributed by atoms with Crippen LogP contribution in [0.2, 0.25) is 0 Å². The third-order valence-corrected chi connectivity index (χ3v) is 12.0. The molecule has 9 nitrogen and oxygen atoms in total. The van der Waals surface area contributed by atoms with Gasteiger partial charge in [-0.2, -0.15) is 5.06 Å². The molecule has 9 heteroatoms. The number of fused-ring (bicyclic) bond motifs is 2. The second-order valence-electron chi connectivity index (χ2n) is 16.6. The number of nitrogens with one attached hydrogen (secondary N) is 1. The number of aromatic hydroxyl groups is 1. The molecule has 49 heavy (non-hydrogen) atoms. The zero-order chi connectivity index (χ0) is 35.6. The third kappa shape index (κ3) is 8.51. The van der Waals surface area contributed by atoms with Gasteiger partial charge in [0.25, 0.3) is 0 Å². The lowest BCUT2D eigenvalue weighted by Crippen LogP contribution is -2.62. The maximum Gasteiger partial charge on any atom is 0.240 e. The molecule has 3 saturated carbocycles. The predicted molar refractivity (Wildman–Crippen MR) is 193 cm³/mol. The number of aliphatic hydroxyl groups excluding tert-OH is 2. The van der Waals surface area contributed by atoms with Gasteiger partial charge >= 0.3 is 0 Å². The number of hydrogen-bond acceptors (Lipinski definition) is 8. The molecule has 3 aliphatic carbocycles. The lowest BCUT2D eigenvalue weighted by atomic mass is 9.45. The topological polar surface area (TPSA) is 109 Å². The molecule has 1 aliphatic heterocycles. The van der Waals surface area contributed by atoms with Gasteiger partial charge in [0, 0.05) is 43.2 Å². The standard InChI is InChI=1S/C40H62N4O5/c1-25(2)16-32(23-42(7)8)43(22-30-14-9-10-15-35(30)47)20-28-12-11-13-29(17-28)21-44-38(37(27(4)46)36(24-45)49-44)39(48)41-34-19-31-18-33(26(34)3)40(31,5)6/h9-15,17,25-27,31-34,36-38,45-47H,16,18-24H2,1-8H3,(H,41,48)/t26-,27+,31?,32+,33?,34+,36+,37-,38+/m1/s1. The quantitative estimate of drug-likeness (QED) is 0.208. The van der Waals surface area contributed by atoms with Crippen LogP contribution in [-0.2, 0) is 29.3 Å². The fourth-order valence-corrected chi connectivity index (χ4v) is 9.21. The summed E-state index contributed by atoms with van der Waals surface area (Å²) in [5, 5.41) is 36.9. The van der Waals surface area contributed by atoms with Crippen LogP contribution in [0.3, 0.4) is 0 Å². The number of amides is 1. The molecule has 2 aromatic rings. The minimum atomic E-state index is -0.835. The second-order valence-corrected chi connectivity index (χ2v) is 16.6. The van der Waals surface area contributed by atoms with Gasteiger partial charge in [0.2, 0.25) is 5.91 Å². The Bertz CT molecular complexity index is 1390. The summed E-state index contributed by atoms with van der Waals surface area (Å²) < 4.78 is 0. The maximum atomic E-state index is 14.1. The highest BCUT2D eigenvalue weighted by atomic mass is 16.7. The Balaban J connectivity index is 1.36. The van der Waals surface area contributed by atoms with Crippen molar-refractivity contribution in [3.63, 3.8) is 0 Å².